The van der Waals surface area contributed by atoms with E-state index in [1.165, 1.54) is 11.1 Å². The summed E-state index contributed by atoms with van der Waals surface area (Å²) >= 11 is 12.6. The Labute approximate surface area is 308 Å². The van der Waals surface area contributed by atoms with Gasteiger partial charge in [-0.15, -0.1) is 0 Å². The van der Waals surface area contributed by atoms with Crippen LogP contribution in [0.15, 0.2) is 66.9 Å². The SMILES string of the molecule is C[C@H](O)CNC(=O)c1cccc(C2(NC(=O)C3(NC(=O)c4cnc5n4[C@](C)(Cc4ccc(C#N)cc4)C(=O)N5c4cc(Cl)cc(Cl)c4)CC3)CC2)n1. The van der Waals surface area contributed by atoms with Crippen LogP contribution < -0.4 is 20.9 Å². The Kier molecular flexibility index (Phi) is 8.81. The normalized spacial score (nSPS) is 19.6. The van der Waals surface area contributed by atoms with Crippen molar-refractivity contribution >= 4 is 58.5 Å². The molecule has 0 bridgehead atoms. The van der Waals surface area contributed by atoms with Crippen LogP contribution in [0.2, 0.25) is 10.0 Å². The number of aromatic nitrogens is 3. The van der Waals surface area contributed by atoms with Crippen molar-refractivity contribution in [2.75, 3.05) is 11.4 Å². The van der Waals surface area contributed by atoms with E-state index in [0.717, 1.165) is 5.56 Å². The second-order valence-electron chi connectivity index (χ2n) is 13.8. The summed E-state index contributed by atoms with van der Waals surface area (Å²) in [5.41, 5.74) is -0.989. The van der Waals surface area contributed by atoms with Crippen LogP contribution in [0.1, 0.15) is 77.3 Å². The van der Waals surface area contributed by atoms with Crippen LogP contribution in [0.4, 0.5) is 11.6 Å². The molecule has 15 heteroatoms. The minimum absolute atomic E-state index is 0.0744. The zero-order valence-electron chi connectivity index (χ0n) is 28.2. The van der Waals surface area contributed by atoms with Crippen molar-refractivity contribution in [2.45, 2.75) is 68.7 Å². The number of nitriles is 1. The van der Waals surface area contributed by atoms with Crippen molar-refractivity contribution in [3.8, 4) is 6.07 Å². The third kappa shape index (κ3) is 6.38. The fraction of sp³-hybridized carbons (Fsp3) is 0.324. The third-order valence-corrected chi connectivity index (χ3v) is 10.2. The molecule has 13 nitrogen and oxygen atoms in total. The maximum Gasteiger partial charge on any atom is 0.270 e. The second kappa shape index (κ2) is 13.0. The van der Waals surface area contributed by atoms with Gasteiger partial charge in [-0.2, -0.15) is 5.26 Å². The number of nitrogens with zero attached hydrogens (tertiary/aromatic N) is 5. The average molecular weight is 742 g/mol. The van der Waals surface area contributed by atoms with E-state index in [1.54, 1.807) is 79.1 Å². The quantitative estimate of drug-likeness (QED) is 0.176. The van der Waals surface area contributed by atoms with Crippen molar-refractivity contribution in [2.24, 2.45) is 0 Å². The van der Waals surface area contributed by atoms with Crippen LogP contribution in [0, 0.1) is 11.3 Å². The maximum atomic E-state index is 14.4. The molecule has 2 fully saturated rings. The molecule has 2 aromatic carbocycles. The van der Waals surface area contributed by atoms with Crippen LogP contribution in [-0.4, -0.2) is 61.5 Å². The first-order chi connectivity index (χ1) is 24.8. The van der Waals surface area contributed by atoms with E-state index in [1.807, 2.05) is 0 Å². The lowest BCUT2D eigenvalue weighted by atomic mass is 9.91. The first-order valence-corrected chi connectivity index (χ1v) is 17.5. The summed E-state index contributed by atoms with van der Waals surface area (Å²) in [5.74, 6) is -1.60. The van der Waals surface area contributed by atoms with Gasteiger partial charge in [-0.05, 0) is 87.6 Å². The van der Waals surface area contributed by atoms with Gasteiger partial charge < -0.3 is 21.1 Å². The number of aliphatic hydroxyl groups excluding tert-OH is 1. The Morgan fingerprint density at radius 3 is 2.31 bits per heavy atom. The lowest BCUT2D eigenvalue weighted by molar-refractivity contribution is -0.125. The number of carbonyl (C=O) groups excluding carboxylic acids is 4. The van der Waals surface area contributed by atoms with Crippen molar-refractivity contribution < 1.29 is 24.3 Å². The van der Waals surface area contributed by atoms with E-state index < -0.39 is 34.5 Å². The standard InChI is InChI=1S/C37H34Cl2N8O5/c1-21(48)19-41-30(49)27-4-3-5-29(43-27)36(10-11-36)45-32(51)37(12-13-37)44-31(50)28-20-42-34-46(26-15-24(38)14-25(39)16-26)33(52)35(2,47(28)34)17-22-6-8-23(18-40)9-7-22/h3-9,14-16,20-21,48H,10-13,17,19H2,1-2H3,(H,41,49)(H,44,50)(H,45,51)/t21-,35+/m0/s1. The van der Waals surface area contributed by atoms with Gasteiger partial charge >= 0.3 is 0 Å². The molecular weight excluding hydrogens is 707 g/mol. The zero-order chi connectivity index (χ0) is 37.0. The Balaban J connectivity index is 1.16. The van der Waals surface area contributed by atoms with Gasteiger partial charge in [0.1, 0.15) is 22.5 Å². The van der Waals surface area contributed by atoms with Crippen molar-refractivity contribution in [3.63, 3.8) is 0 Å². The highest BCUT2D eigenvalue weighted by atomic mass is 35.5. The number of benzene rings is 2. The van der Waals surface area contributed by atoms with E-state index in [-0.39, 0.29) is 42.1 Å². The van der Waals surface area contributed by atoms with E-state index >= 15 is 0 Å². The number of pyridine rings is 1. The number of carbonyl (C=O) groups is 4. The Bertz CT molecular complexity index is 2150. The van der Waals surface area contributed by atoms with Crippen LogP contribution in [0.5, 0.6) is 0 Å². The highest BCUT2D eigenvalue weighted by Crippen LogP contribution is 2.47. The number of imidazole rings is 1. The number of fused-ring (bicyclic) bond motifs is 1. The molecule has 2 aromatic heterocycles. The topological polar surface area (TPSA) is 182 Å². The Hall–Kier alpha value is -5.29. The number of rotatable bonds is 11. The second-order valence-corrected chi connectivity index (χ2v) is 14.7. The third-order valence-electron chi connectivity index (χ3n) is 9.74. The fourth-order valence-electron chi connectivity index (χ4n) is 6.61. The minimum Gasteiger partial charge on any atom is -0.392 e. The fourth-order valence-corrected chi connectivity index (χ4v) is 7.12. The predicted molar refractivity (Wildman–Crippen MR) is 191 cm³/mol. The van der Waals surface area contributed by atoms with Crippen molar-refractivity contribution in [3.05, 3.63) is 105 Å². The first-order valence-electron chi connectivity index (χ1n) is 16.7. The Morgan fingerprint density at radius 1 is 1.00 bits per heavy atom. The predicted octanol–water partition coefficient (Wildman–Crippen LogP) is 4.27. The average Bonchev–Trinajstić information content (AvgIpc) is 4.02. The first kappa shape index (κ1) is 35.1. The molecule has 0 radical (unpaired) electrons. The number of halogens is 2. The lowest BCUT2D eigenvalue weighted by Crippen LogP contribution is -2.52. The van der Waals surface area contributed by atoms with E-state index in [2.05, 4.69) is 32.0 Å². The largest absolute Gasteiger partial charge is 0.392 e. The van der Waals surface area contributed by atoms with Gasteiger partial charge in [-0.1, -0.05) is 41.4 Å². The molecule has 0 unspecified atom stereocenters. The molecule has 266 valence electrons. The van der Waals surface area contributed by atoms with Crippen LogP contribution in [0.3, 0.4) is 0 Å². The molecule has 2 atom stereocenters. The van der Waals surface area contributed by atoms with Gasteiger partial charge in [0.05, 0.1) is 40.9 Å². The summed E-state index contributed by atoms with van der Waals surface area (Å²) in [7, 11) is 0. The van der Waals surface area contributed by atoms with Crippen molar-refractivity contribution in [1.82, 2.24) is 30.5 Å². The van der Waals surface area contributed by atoms with Crippen LogP contribution in [0.25, 0.3) is 0 Å². The van der Waals surface area contributed by atoms with Gasteiger partial charge in [0.25, 0.3) is 17.7 Å². The molecule has 0 spiro atoms. The molecule has 2 saturated carbocycles. The highest BCUT2D eigenvalue weighted by Gasteiger charge is 2.57. The number of anilines is 2. The summed E-state index contributed by atoms with van der Waals surface area (Å²) in [6, 6.07) is 18.7. The van der Waals surface area contributed by atoms with Gasteiger partial charge in [-0.3, -0.25) is 23.7 Å². The van der Waals surface area contributed by atoms with Gasteiger partial charge in [-0.25, -0.2) is 14.9 Å². The molecule has 4 amide bonds. The van der Waals surface area contributed by atoms with E-state index in [0.29, 0.717) is 52.7 Å². The monoisotopic (exact) mass is 740 g/mol. The van der Waals surface area contributed by atoms with E-state index in [4.69, 9.17) is 23.2 Å². The Morgan fingerprint density at radius 2 is 1.69 bits per heavy atom. The molecule has 2 aliphatic carbocycles. The summed E-state index contributed by atoms with van der Waals surface area (Å²) in [4.78, 5) is 65.4. The smallest absolute Gasteiger partial charge is 0.270 e. The van der Waals surface area contributed by atoms with Crippen LogP contribution in [-0.2, 0) is 27.1 Å². The lowest BCUT2D eigenvalue weighted by Gasteiger charge is -2.27. The number of nitrogens with one attached hydrogen (secondary N) is 3. The van der Waals surface area contributed by atoms with Crippen molar-refractivity contribution in [1.29, 1.82) is 5.26 Å². The highest BCUT2D eigenvalue weighted by molar-refractivity contribution is 6.35. The molecule has 7 rings (SSSR count). The molecule has 4 N–H and O–H groups in total. The summed E-state index contributed by atoms with van der Waals surface area (Å²) in [6.45, 7) is 3.35. The molecule has 3 heterocycles. The summed E-state index contributed by atoms with van der Waals surface area (Å²) in [6.07, 6.45) is 2.81. The number of amides is 4. The number of aliphatic hydroxyl groups is 1. The molecule has 3 aliphatic rings. The minimum atomic E-state index is -1.35. The molecular formula is C37H34Cl2N8O5. The van der Waals surface area contributed by atoms with Gasteiger partial charge in [0.2, 0.25) is 11.9 Å². The maximum absolute atomic E-state index is 14.4. The van der Waals surface area contributed by atoms with E-state index in [9.17, 15) is 29.5 Å². The molecule has 0 saturated heterocycles. The summed E-state index contributed by atoms with van der Waals surface area (Å²) in [5, 5.41) is 28.1. The van der Waals surface area contributed by atoms with Gasteiger partial charge in [0, 0.05) is 23.0 Å². The summed E-state index contributed by atoms with van der Waals surface area (Å²) < 4.78 is 1.58. The van der Waals surface area contributed by atoms with Crippen LogP contribution >= 0.6 is 23.2 Å². The number of hydrogen-bond donors (Lipinski definition) is 4. The number of hydrogen-bond acceptors (Lipinski definition) is 8. The molecule has 4 aromatic rings. The molecule has 52 heavy (non-hydrogen) atoms. The molecule has 1 aliphatic heterocycles. The zero-order valence-corrected chi connectivity index (χ0v) is 29.8. The van der Waals surface area contributed by atoms with Gasteiger partial charge in [0.15, 0.2) is 0 Å².